The number of rotatable bonds is 3. The Bertz CT molecular complexity index is 1020. The number of carbonyl (C=O) groups excluding carboxylic acids is 1. The van der Waals surface area contributed by atoms with Crippen LogP contribution >= 0.6 is 11.3 Å². The zero-order valence-electron chi connectivity index (χ0n) is 14.6. The molecule has 1 N–H and O–H groups in total. The van der Waals surface area contributed by atoms with Gasteiger partial charge in [-0.25, -0.2) is 14.2 Å². The van der Waals surface area contributed by atoms with Crippen LogP contribution in [0.25, 0.3) is 11.0 Å². The van der Waals surface area contributed by atoms with Crippen LogP contribution in [0.1, 0.15) is 32.4 Å². The third kappa shape index (κ3) is 2.68. The molecule has 0 saturated heterocycles. The minimum atomic E-state index is -0.376. The van der Waals surface area contributed by atoms with Crippen molar-refractivity contribution in [3.63, 3.8) is 0 Å². The van der Waals surface area contributed by atoms with E-state index in [1.54, 1.807) is 17.4 Å². The molecule has 4 rings (SSSR count). The lowest BCUT2D eigenvalue weighted by Crippen LogP contribution is -2.29. The summed E-state index contributed by atoms with van der Waals surface area (Å²) in [4.78, 5) is 17.3. The Morgan fingerprint density at radius 3 is 2.88 bits per heavy atom. The molecule has 26 heavy (non-hydrogen) atoms. The van der Waals surface area contributed by atoms with E-state index in [0.29, 0.717) is 22.7 Å². The molecule has 0 radical (unpaired) electrons. The SMILES string of the molecule is CC1=C(C(=O)OC(C)C)C(c2ccsc2)n2c(nc3cc(F)ccc32)N1. The highest BCUT2D eigenvalue weighted by molar-refractivity contribution is 7.08. The smallest absolute Gasteiger partial charge is 0.338 e. The molecule has 5 nitrogen and oxygen atoms in total. The molecule has 0 spiro atoms. The van der Waals surface area contributed by atoms with E-state index in [1.165, 1.54) is 12.1 Å². The van der Waals surface area contributed by atoms with E-state index in [1.807, 2.05) is 42.2 Å². The van der Waals surface area contributed by atoms with Crippen molar-refractivity contribution in [1.82, 2.24) is 9.55 Å². The summed E-state index contributed by atoms with van der Waals surface area (Å²) < 4.78 is 21.1. The van der Waals surface area contributed by atoms with Gasteiger partial charge in [-0.1, -0.05) is 0 Å². The monoisotopic (exact) mass is 371 g/mol. The normalized spacial score (nSPS) is 16.7. The fraction of sp³-hybridized carbons (Fsp3) is 0.263. The lowest BCUT2D eigenvalue weighted by molar-refractivity contribution is -0.143. The molecule has 3 heterocycles. The van der Waals surface area contributed by atoms with Crippen LogP contribution in [0.3, 0.4) is 0 Å². The highest BCUT2D eigenvalue weighted by atomic mass is 32.1. The topological polar surface area (TPSA) is 56.2 Å². The summed E-state index contributed by atoms with van der Waals surface area (Å²) in [5, 5.41) is 7.15. The molecule has 1 unspecified atom stereocenters. The van der Waals surface area contributed by atoms with E-state index in [2.05, 4.69) is 10.3 Å². The number of anilines is 1. The van der Waals surface area contributed by atoms with Gasteiger partial charge in [0.2, 0.25) is 5.95 Å². The van der Waals surface area contributed by atoms with Gasteiger partial charge in [-0.3, -0.25) is 4.57 Å². The van der Waals surface area contributed by atoms with Crippen molar-refractivity contribution in [1.29, 1.82) is 0 Å². The molecule has 1 atom stereocenters. The maximum atomic E-state index is 13.6. The molecule has 0 fully saturated rings. The maximum Gasteiger partial charge on any atom is 0.338 e. The van der Waals surface area contributed by atoms with Crippen molar-refractivity contribution < 1.29 is 13.9 Å². The number of carbonyl (C=O) groups is 1. The minimum Gasteiger partial charge on any atom is -0.459 e. The molecule has 7 heteroatoms. The lowest BCUT2D eigenvalue weighted by atomic mass is 9.97. The highest BCUT2D eigenvalue weighted by Crippen LogP contribution is 2.40. The number of hydrogen-bond donors (Lipinski definition) is 1. The Balaban J connectivity index is 1.94. The Kier molecular flexibility index (Phi) is 4.03. The molecule has 134 valence electrons. The third-order valence-electron chi connectivity index (χ3n) is 4.31. The predicted octanol–water partition coefficient (Wildman–Crippen LogP) is 4.48. The van der Waals surface area contributed by atoms with Gasteiger partial charge in [0.15, 0.2) is 0 Å². The van der Waals surface area contributed by atoms with Crippen LogP contribution < -0.4 is 5.32 Å². The molecule has 1 aliphatic rings. The van der Waals surface area contributed by atoms with Crippen molar-refractivity contribution >= 4 is 34.3 Å². The zero-order valence-corrected chi connectivity index (χ0v) is 15.4. The fourth-order valence-corrected chi connectivity index (χ4v) is 3.96. The van der Waals surface area contributed by atoms with Gasteiger partial charge >= 0.3 is 5.97 Å². The summed E-state index contributed by atoms with van der Waals surface area (Å²) in [6.07, 6.45) is -0.221. The van der Waals surface area contributed by atoms with Crippen molar-refractivity contribution in [2.75, 3.05) is 5.32 Å². The number of aromatic nitrogens is 2. The van der Waals surface area contributed by atoms with E-state index in [0.717, 1.165) is 11.1 Å². The number of nitrogens with one attached hydrogen (secondary N) is 1. The fourth-order valence-electron chi connectivity index (χ4n) is 3.28. The second-order valence-corrected chi connectivity index (χ2v) is 7.30. The molecule has 0 saturated carbocycles. The number of hydrogen-bond acceptors (Lipinski definition) is 5. The average molecular weight is 371 g/mol. The van der Waals surface area contributed by atoms with Crippen molar-refractivity contribution in [3.8, 4) is 0 Å². The quantitative estimate of drug-likeness (QED) is 0.690. The van der Waals surface area contributed by atoms with Crippen LogP contribution in [0.15, 0.2) is 46.3 Å². The first-order valence-electron chi connectivity index (χ1n) is 8.34. The number of halogens is 1. The summed E-state index contributed by atoms with van der Waals surface area (Å²) in [6.45, 7) is 5.48. The van der Waals surface area contributed by atoms with Gasteiger partial charge < -0.3 is 10.1 Å². The first-order valence-corrected chi connectivity index (χ1v) is 9.28. The van der Waals surface area contributed by atoms with E-state index >= 15 is 0 Å². The van der Waals surface area contributed by atoms with Crippen LogP contribution in [0.4, 0.5) is 10.3 Å². The minimum absolute atomic E-state index is 0.221. The highest BCUT2D eigenvalue weighted by Gasteiger charge is 2.35. The molecule has 0 amide bonds. The van der Waals surface area contributed by atoms with E-state index in [4.69, 9.17) is 4.74 Å². The number of fused-ring (bicyclic) bond motifs is 3. The number of ether oxygens (including phenoxy) is 1. The number of thiophene rings is 1. The Labute approximate surface area is 154 Å². The molecule has 1 aromatic carbocycles. The van der Waals surface area contributed by atoms with Gasteiger partial charge in [-0.05, 0) is 55.3 Å². The van der Waals surface area contributed by atoms with E-state index < -0.39 is 0 Å². The molecule has 1 aliphatic heterocycles. The van der Waals surface area contributed by atoms with Gasteiger partial charge in [0.05, 0.1) is 28.8 Å². The zero-order chi connectivity index (χ0) is 18.4. The van der Waals surface area contributed by atoms with Crippen LogP contribution in [-0.4, -0.2) is 21.6 Å². The first kappa shape index (κ1) is 16.8. The number of nitrogens with zero attached hydrogens (tertiary/aromatic N) is 2. The number of esters is 1. The number of benzene rings is 1. The summed E-state index contributed by atoms with van der Waals surface area (Å²) in [7, 11) is 0. The summed E-state index contributed by atoms with van der Waals surface area (Å²) in [6, 6.07) is 6.09. The molecular weight excluding hydrogens is 353 g/mol. The largest absolute Gasteiger partial charge is 0.459 e. The molecule has 3 aromatic rings. The lowest BCUT2D eigenvalue weighted by Gasteiger charge is -2.30. The summed E-state index contributed by atoms with van der Waals surface area (Å²) >= 11 is 1.56. The third-order valence-corrected chi connectivity index (χ3v) is 5.01. The molecule has 2 aromatic heterocycles. The van der Waals surface area contributed by atoms with E-state index in [9.17, 15) is 9.18 Å². The Hall–Kier alpha value is -2.67. The summed E-state index contributed by atoms with van der Waals surface area (Å²) in [5.74, 6) is -0.125. The van der Waals surface area contributed by atoms with Gasteiger partial charge in [0.1, 0.15) is 5.82 Å². The Morgan fingerprint density at radius 1 is 1.38 bits per heavy atom. The molecule has 0 bridgehead atoms. The van der Waals surface area contributed by atoms with Gasteiger partial charge in [0, 0.05) is 11.8 Å². The second kappa shape index (κ2) is 6.25. The van der Waals surface area contributed by atoms with Crippen molar-refractivity contribution in [2.24, 2.45) is 0 Å². The number of allylic oxidation sites excluding steroid dienone is 1. The average Bonchev–Trinajstić information content (AvgIpc) is 3.19. The summed E-state index contributed by atoms with van der Waals surface area (Å²) in [5.41, 5.74) is 3.49. The first-order chi connectivity index (χ1) is 12.5. The number of imidazole rings is 1. The van der Waals surface area contributed by atoms with Crippen LogP contribution in [0.2, 0.25) is 0 Å². The van der Waals surface area contributed by atoms with E-state index in [-0.39, 0.29) is 23.9 Å². The van der Waals surface area contributed by atoms with Crippen LogP contribution in [-0.2, 0) is 9.53 Å². The maximum absolute atomic E-state index is 13.6. The second-order valence-electron chi connectivity index (χ2n) is 6.52. The predicted molar refractivity (Wildman–Crippen MR) is 99.7 cm³/mol. The van der Waals surface area contributed by atoms with Gasteiger partial charge in [0.25, 0.3) is 0 Å². The Morgan fingerprint density at radius 2 is 2.19 bits per heavy atom. The van der Waals surface area contributed by atoms with Crippen LogP contribution in [0.5, 0.6) is 0 Å². The molecule has 0 aliphatic carbocycles. The van der Waals surface area contributed by atoms with Crippen LogP contribution in [0, 0.1) is 5.82 Å². The van der Waals surface area contributed by atoms with Gasteiger partial charge in [-0.15, -0.1) is 0 Å². The standard InChI is InChI=1S/C19H18FN3O2S/c1-10(2)25-18(24)16-11(3)21-19-22-14-8-13(20)4-5-15(14)23(19)17(16)12-6-7-26-9-12/h4-10,17H,1-3H3,(H,21,22). The van der Waals surface area contributed by atoms with Crippen molar-refractivity contribution in [3.05, 3.63) is 57.7 Å². The van der Waals surface area contributed by atoms with Gasteiger partial charge in [-0.2, -0.15) is 11.3 Å². The molecular formula is C19H18FN3O2S. The van der Waals surface area contributed by atoms with Crippen molar-refractivity contribution in [2.45, 2.75) is 32.9 Å².